The Kier molecular flexibility index (Phi) is 6.73. The molecule has 5 aromatic rings. The summed E-state index contributed by atoms with van der Waals surface area (Å²) in [6.45, 7) is 4.42. The number of aryl methyl sites for hydroxylation is 1. The highest BCUT2D eigenvalue weighted by atomic mass is 16.1. The normalized spacial score (nSPS) is 11.1. The molecule has 0 saturated carbocycles. The van der Waals surface area contributed by atoms with E-state index in [0.29, 0.717) is 5.39 Å². The molecule has 5 rings (SSSR count). The van der Waals surface area contributed by atoms with E-state index in [-0.39, 0.29) is 5.43 Å². The highest BCUT2D eigenvalue weighted by molar-refractivity contribution is 5.79. The molecule has 0 aliphatic carbocycles. The molecular formula is C29H29N5O. The summed E-state index contributed by atoms with van der Waals surface area (Å²) < 4.78 is 1.95. The molecule has 0 bridgehead atoms. The van der Waals surface area contributed by atoms with E-state index in [2.05, 4.69) is 65.1 Å². The number of hydrogen-bond donors (Lipinski definition) is 3. The average molecular weight is 464 g/mol. The van der Waals surface area contributed by atoms with Crippen LogP contribution in [0, 0.1) is 6.92 Å². The molecule has 0 spiro atoms. The zero-order valence-electron chi connectivity index (χ0n) is 19.8. The number of H-pyrrole nitrogens is 1. The predicted octanol–water partition coefficient (Wildman–Crippen LogP) is 5.28. The Labute approximate surface area is 204 Å². The summed E-state index contributed by atoms with van der Waals surface area (Å²) in [5.41, 5.74) is 6.41. The summed E-state index contributed by atoms with van der Waals surface area (Å²) in [7, 11) is 0. The summed E-state index contributed by atoms with van der Waals surface area (Å²) >= 11 is 0. The molecule has 3 N–H and O–H groups in total. The van der Waals surface area contributed by atoms with Gasteiger partial charge in [-0.25, -0.2) is 4.68 Å². The third kappa shape index (κ3) is 5.34. The average Bonchev–Trinajstić information content (AvgIpc) is 3.31. The van der Waals surface area contributed by atoms with Crippen LogP contribution in [0.4, 0.5) is 5.82 Å². The number of anilines is 1. The SMILES string of the molecule is Cc1ccc(-c2nn(-c3ccccc3)cc2CNCCCNc2cc(=O)c3ccccc3[nH]2)cc1. The zero-order chi connectivity index (χ0) is 24.0. The van der Waals surface area contributed by atoms with Gasteiger partial charge in [0.15, 0.2) is 5.43 Å². The van der Waals surface area contributed by atoms with Gasteiger partial charge in [-0.15, -0.1) is 0 Å². The highest BCUT2D eigenvalue weighted by Crippen LogP contribution is 2.24. The Bertz CT molecular complexity index is 1470. The van der Waals surface area contributed by atoms with Gasteiger partial charge < -0.3 is 15.6 Å². The fourth-order valence-corrected chi connectivity index (χ4v) is 4.16. The van der Waals surface area contributed by atoms with Crippen molar-refractivity contribution in [1.82, 2.24) is 20.1 Å². The van der Waals surface area contributed by atoms with Gasteiger partial charge in [-0.1, -0.05) is 60.2 Å². The van der Waals surface area contributed by atoms with E-state index in [1.807, 2.05) is 47.1 Å². The number of benzene rings is 3. The van der Waals surface area contributed by atoms with Crippen molar-refractivity contribution in [3.8, 4) is 16.9 Å². The molecule has 0 unspecified atom stereocenters. The molecule has 0 saturated heterocycles. The summed E-state index contributed by atoms with van der Waals surface area (Å²) in [6, 6.07) is 27.9. The van der Waals surface area contributed by atoms with Crippen molar-refractivity contribution in [2.45, 2.75) is 19.9 Å². The van der Waals surface area contributed by atoms with Gasteiger partial charge in [0.1, 0.15) is 5.82 Å². The standard InChI is InChI=1S/C29H29N5O/c1-21-12-14-22(15-13-21)29-23(20-34(33-29)24-8-3-2-4-9-24)19-30-16-7-17-31-28-18-27(35)25-10-5-6-11-26(25)32-28/h2-6,8-15,18,20,30H,7,16-17,19H2,1H3,(H2,31,32,35). The zero-order valence-corrected chi connectivity index (χ0v) is 19.8. The number of fused-ring (bicyclic) bond motifs is 1. The molecule has 0 amide bonds. The molecular weight excluding hydrogens is 434 g/mol. The number of rotatable bonds is 9. The molecule has 2 aromatic heterocycles. The van der Waals surface area contributed by atoms with Gasteiger partial charge in [0.25, 0.3) is 0 Å². The van der Waals surface area contributed by atoms with Crippen LogP contribution in [-0.2, 0) is 6.54 Å². The number of pyridine rings is 1. The van der Waals surface area contributed by atoms with Gasteiger partial charge in [-0.05, 0) is 44.2 Å². The molecule has 2 heterocycles. The molecule has 0 aliphatic rings. The van der Waals surface area contributed by atoms with E-state index in [1.165, 1.54) is 5.56 Å². The lowest BCUT2D eigenvalue weighted by Gasteiger charge is -2.09. The number of para-hydroxylation sites is 2. The second kappa shape index (κ2) is 10.4. The molecule has 35 heavy (non-hydrogen) atoms. The Morgan fingerprint density at radius 3 is 2.51 bits per heavy atom. The second-order valence-electron chi connectivity index (χ2n) is 8.70. The van der Waals surface area contributed by atoms with Crippen LogP contribution < -0.4 is 16.1 Å². The van der Waals surface area contributed by atoms with Crippen LogP contribution in [0.15, 0.2) is 95.9 Å². The maximum absolute atomic E-state index is 12.3. The molecule has 0 atom stereocenters. The molecule has 0 fully saturated rings. The number of aromatic nitrogens is 3. The summed E-state index contributed by atoms with van der Waals surface area (Å²) in [5, 5.41) is 12.5. The Hall–Kier alpha value is -4.16. The van der Waals surface area contributed by atoms with Crippen molar-refractivity contribution >= 4 is 16.7 Å². The monoisotopic (exact) mass is 463 g/mol. The topological polar surface area (TPSA) is 74.7 Å². The van der Waals surface area contributed by atoms with E-state index >= 15 is 0 Å². The Morgan fingerprint density at radius 2 is 1.69 bits per heavy atom. The molecule has 6 nitrogen and oxygen atoms in total. The minimum atomic E-state index is 0.0269. The van der Waals surface area contributed by atoms with Crippen molar-refractivity contribution in [3.05, 3.63) is 112 Å². The van der Waals surface area contributed by atoms with Crippen molar-refractivity contribution < 1.29 is 0 Å². The van der Waals surface area contributed by atoms with Crippen LogP contribution >= 0.6 is 0 Å². The lowest BCUT2D eigenvalue weighted by Crippen LogP contribution is -2.18. The maximum atomic E-state index is 12.3. The fraction of sp³-hybridized carbons (Fsp3) is 0.172. The third-order valence-corrected chi connectivity index (χ3v) is 6.03. The van der Waals surface area contributed by atoms with Crippen LogP contribution in [0.5, 0.6) is 0 Å². The number of nitrogens with zero attached hydrogens (tertiary/aromatic N) is 2. The molecule has 176 valence electrons. The first-order valence-corrected chi connectivity index (χ1v) is 11.9. The summed E-state index contributed by atoms with van der Waals surface area (Å²) in [4.78, 5) is 15.6. The highest BCUT2D eigenvalue weighted by Gasteiger charge is 2.12. The first kappa shape index (κ1) is 22.6. The Balaban J connectivity index is 1.21. The number of aromatic amines is 1. The first-order chi connectivity index (χ1) is 17.2. The summed E-state index contributed by atoms with van der Waals surface area (Å²) in [6.07, 6.45) is 3.02. The number of hydrogen-bond acceptors (Lipinski definition) is 4. The van der Waals surface area contributed by atoms with Crippen LogP contribution in [0.25, 0.3) is 27.8 Å². The number of nitrogens with one attached hydrogen (secondary N) is 3. The lowest BCUT2D eigenvalue weighted by atomic mass is 10.1. The largest absolute Gasteiger partial charge is 0.371 e. The van der Waals surface area contributed by atoms with Crippen LogP contribution in [0.1, 0.15) is 17.5 Å². The summed E-state index contributed by atoms with van der Waals surface area (Å²) in [5.74, 6) is 0.750. The van der Waals surface area contributed by atoms with Gasteiger partial charge in [0.05, 0.1) is 16.9 Å². The smallest absolute Gasteiger partial charge is 0.191 e. The van der Waals surface area contributed by atoms with Crippen molar-refractivity contribution in [1.29, 1.82) is 0 Å². The van der Waals surface area contributed by atoms with Gasteiger partial charge in [0, 0.05) is 41.9 Å². The van der Waals surface area contributed by atoms with Crippen molar-refractivity contribution in [2.24, 2.45) is 0 Å². The lowest BCUT2D eigenvalue weighted by molar-refractivity contribution is 0.663. The minimum Gasteiger partial charge on any atom is -0.371 e. The maximum Gasteiger partial charge on any atom is 0.191 e. The minimum absolute atomic E-state index is 0.0269. The molecule has 0 aliphatic heterocycles. The van der Waals surface area contributed by atoms with Crippen LogP contribution in [0.3, 0.4) is 0 Å². The fourth-order valence-electron chi connectivity index (χ4n) is 4.16. The van der Waals surface area contributed by atoms with Crippen molar-refractivity contribution in [2.75, 3.05) is 18.4 Å². The molecule has 0 radical (unpaired) electrons. The van der Waals surface area contributed by atoms with E-state index < -0.39 is 0 Å². The van der Waals surface area contributed by atoms with E-state index in [0.717, 1.165) is 59.9 Å². The van der Waals surface area contributed by atoms with E-state index in [9.17, 15) is 4.79 Å². The second-order valence-corrected chi connectivity index (χ2v) is 8.70. The Morgan fingerprint density at radius 1 is 0.914 bits per heavy atom. The van der Waals surface area contributed by atoms with E-state index in [1.54, 1.807) is 6.07 Å². The van der Waals surface area contributed by atoms with E-state index in [4.69, 9.17) is 5.10 Å². The van der Waals surface area contributed by atoms with Gasteiger partial charge in [-0.3, -0.25) is 4.79 Å². The first-order valence-electron chi connectivity index (χ1n) is 11.9. The van der Waals surface area contributed by atoms with Gasteiger partial charge >= 0.3 is 0 Å². The van der Waals surface area contributed by atoms with Crippen LogP contribution in [0.2, 0.25) is 0 Å². The molecule has 6 heteroatoms. The molecule has 3 aromatic carbocycles. The third-order valence-electron chi connectivity index (χ3n) is 6.03. The van der Waals surface area contributed by atoms with Crippen molar-refractivity contribution in [3.63, 3.8) is 0 Å². The predicted molar refractivity (Wildman–Crippen MR) is 143 cm³/mol. The van der Waals surface area contributed by atoms with Gasteiger partial charge in [-0.2, -0.15) is 5.10 Å². The van der Waals surface area contributed by atoms with Gasteiger partial charge in [0.2, 0.25) is 0 Å². The quantitative estimate of drug-likeness (QED) is 0.260. The van der Waals surface area contributed by atoms with Crippen LogP contribution in [-0.4, -0.2) is 27.9 Å².